The van der Waals surface area contributed by atoms with Crippen molar-refractivity contribution in [3.63, 3.8) is 0 Å². The van der Waals surface area contributed by atoms with E-state index in [-0.39, 0.29) is 13.1 Å². The predicted molar refractivity (Wildman–Crippen MR) is 198 cm³/mol. The maximum atomic E-state index is 4.09. The van der Waals surface area contributed by atoms with Crippen LogP contribution in [0.2, 0.25) is 19.6 Å². The molecular formula is C38H64N4P2Si. The summed E-state index contributed by atoms with van der Waals surface area (Å²) in [6, 6.07) is 0.914. The summed E-state index contributed by atoms with van der Waals surface area (Å²) in [6.45, 7) is 14.4. The average molecular weight is 667 g/mol. The van der Waals surface area contributed by atoms with Gasteiger partial charge in [-0.15, -0.1) is 9.24 Å². The molecule has 2 heterocycles. The quantitative estimate of drug-likeness (QED) is 0.173. The zero-order chi connectivity index (χ0) is 30.6. The van der Waals surface area contributed by atoms with Gasteiger partial charge in [0.05, 0.1) is 8.07 Å². The van der Waals surface area contributed by atoms with Crippen molar-refractivity contribution in [3.8, 4) is 0 Å². The standard InChI is InChI=1S/C38H64N4P2Si/c1-45(2,3)32-14-31(33(15-32)38(43,34-22-39-4-6-41-34)35-23-40-5-7-42-35)24-44(36-16-25-8-26(17-36)10-27(9-25)18-36)37-19-28-11-29(20-37)13-30(12-28)21-37/h14,25-30,34-35,39-42H,4-13,15-24,43H2,1-3H3. The fourth-order valence-corrected chi connectivity index (χ4v) is 21.4. The van der Waals surface area contributed by atoms with Crippen LogP contribution < -0.4 is 21.3 Å². The maximum absolute atomic E-state index is 4.09. The topological polar surface area (TPSA) is 48.1 Å². The van der Waals surface area contributed by atoms with Crippen molar-refractivity contribution in [3.05, 3.63) is 22.4 Å². The molecule has 2 aliphatic heterocycles. The molecular weight excluding hydrogens is 602 g/mol. The molecule has 45 heavy (non-hydrogen) atoms. The van der Waals surface area contributed by atoms with E-state index < -0.39 is 8.07 Å². The van der Waals surface area contributed by atoms with Gasteiger partial charge >= 0.3 is 0 Å². The van der Waals surface area contributed by atoms with Crippen molar-refractivity contribution in [2.24, 2.45) is 35.5 Å². The van der Waals surface area contributed by atoms with Gasteiger partial charge in [-0.25, -0.2) is 0 Å². The van der Waals surface area contributed by atoms with Crippen LogP contribution in [-0.4, -0.2) is 81.1 Å². The van der Waals surface area contributed by atoms with E-state index in [1.165, 1.54) is 12.6 Å². The lowest BCUT2D eigenvalue weighted by atomic mass is 9.55. The van der Waals surface area contributed by atoms with Crippen molar-refractivity contribution in [2.75, 3.05) is 45.4 Å². The average Bonchev–Trinajstić information content (AvgIpc) is 3.44. The van der Waals surface area contributed by atoms with Crippen molar-refractivity contribution in [2.45, 2.75) is 131 Å². The summed E-state index contributed by atoms with van der Waals surface area (Å²) >= 11 is 0. The summed E-state index contributed by atoms with van der Waals surface area (Å²) in [6.07, 6.45) is 24.9. The smallest absolute Gasteiger partial charge is 0.0728 e. The van der Waals surface area contributed by atoms with Gasteiger partial charge in [0.1, 0.15) is 0 Å². The summed E-state index contributed by atoms with van der Waals surface area (Å²) in [5.74, 6) is 6.40. The van der Waals surface area contributed by atoms with Crippen LogP contribution in [0.4, 0.5) is 0 Å². The third-order valence-electron chi connectivity index (χ3n) is 15.3. The van der Waals surface area contributed by atoms with Crippen molar-refractivity contribution in [1.29, 1.82) is 0 Å². The molecule has 11 rings (SSSR count). The number of piperazine rings is 2. The highest BCUT2D eigenvalue weighted by Gasteiger charge is 2.63. The van der Waals surface area contributed by atoms with Crippen LogP contribution in [0.1, 0.15) is 83.5 Å². The number of rotatable bonds is 8. The second-order valence-electron chi connectivity index (χ2n) is 19.3. The van der Waals surface area contributed by atoms with E-state index in [4.69, 9.17) is 0 Å². The Bertz CT molecular complexity index is 1090. The first kappa shape index (κ1) is 31.4. The van der Waals surface area contributed by atoms with E-state index in [9.17, 15) is 0 Å². The number of hydrogen-bond acceptors (Lipinski definition) is 4. The van der Waals surface area contributed by atoms with Gasteiger partial charge in [0.25, 0.3) is 0 Å². The first-order valence-electron chi connectivity index (χ1n) is 19.5. The molecule has 250 valence electrons. The molecule has 11 aliphatic rings. The Morgan fingerprint density at radius 3 is 1.49 bits per heavy atom. The molecule has 0 spiro atoms. The Kier molecular flexibility index (Phi) is 8.00. The number of allylic oxidation sites excluding steroid dienone is 3. The van der Waals surface area contributed by atoms with E-state index in [2.05, 4.69) is 56.2 Å². The molecule has 2 saturated heterocycles. The van der Waals surface area contributed by atoms with Crippen LogP contribution in [-0.2, 0) is 0 Å². The maximum Gasteiger partial charge on any atom is 0.0728 e. The number of hydrogen-bond donors (Lipinski definition) is 4. The van der Waals surface area contributed by atoms with Crippen LogP contribution in [0.5, 0.6) is 0 Å². The number of nitrogens with one attached hydrogen (secondary N) is 4. The minimum Gasteiger partial charge on any atom is -0.314 e. The van der Waals surface area contributed by atoms with E-state index in [1.54, 1.807) is 77.0 Å². The first-order chi connectivity index (χ1) is 21.6. The van der Waals surface area contributed by atoms with Crippen LogP contribution in [0, 0.1) is 35.5 Å². The van der Waals surface area contributed by atoms with Gasteiger partial charge in [-0.05, 0) is 147 Å². The Labute approximate surface area is 279 Å². The Morgan fingerprint density at radius 2 is 1.13 bits per heavy atom. The van der Waals surface area contributed by atoms with E-state index in [0.717, 1.165) is 74.8 Å². The minimum absolute atomic E-state index is 0.0397. The molecule has 7 heteroatoms. The van der Waals surface area contributed by atoms with E-state index >= 15 is 0 Å². The molecule has 4 nitrogen and oxygen atoms in total. The molecule has 8 bridgehead atoms. The Hall–Kier alpha value is 0.397. The summed E-state index contributed by atoms with van der Waals surface area (Å²) in [4.78, 5) is 0. The summed E-state index contributed by atoms with van der Waals surface area (Å²) in [5, 5.41) is 19.1. The van der Waals surface area contributed by atoms with E-state index in [0.29, 0.717) is 22.4 Å². The molecule has 0 aromatic heterocycles. The molecule has 0 radical (unpaired) electrons. The highest BCUT2D eigenvalue weighted by Crippen LogP contribution is 2.79. The molecule has 0 aromatic carbocycles. The van der Waals surface area contributed by atoms with Gasteiger partial charge in [-0.3, -0.25) is 0 Å². The third kappa shape index (κ3) is 5.33. The molecule has 8 saturated carbocycles. The van der Waals surface area contributed by atoms with Gasteiger partial charge < -0.3 is 21.3 Å². The van der Waals surface area contributed by atoms with E-state index in [1.807, 2.05) is 16.3 Å². The Balaban J connectivity index is 1.17. The summed E-state index contributed by atoms with van der Waals surface area (Å²) in [7, 11) is 2.11. The molecule has 4 N–H and O–H groups in total. The fraction of sp³-hybridized carbons (Fsp3) is 0.895. The second kappa shape index (κ2) is 11.5. The van der Waals surface area contributed by atoms with Crippen LogP contribution in [0.3, 0.4) is 0 Å². The minimum atomic E-state index is -1.43. The SMILES string of the molecule is C[Si](C)(C)C1=CC(CP(C23CC4CC(CC(C4)C2)C3)C23CC4CC(CC(C4)C2)C3)=C(C(P)(C2CNCCN2)C2CNCCN2)C1. The van der Waals surface area contributed by atoms with Gasteiger partial charge in [-0.1, -0.05) is 38.8 Å². The lowest BCUT2D eigenvalue weighted by Gasteiger charge is -2.67. The zero-order valence-corrected chi connectivity index (χ0v) is 31.9. The first-order valence-corrected chi connectivity index (χ1v) is 25.1. The molecule has 3 atom stereocenters. The third-order valence-corrected chi connectivity index (χ3v) is 22.8. The fourth-order valence-electron chi connectivity index (χ4n) is 14.2. The zero-order valence-electron chi connectivity index (χ0n) is 28.9. The highest BCUT2D eigenvalue weighted by molar-refractivity contribution is 7.61. The van der Waals surface area contributed by atoms with Crippen LogP contribution in [0.15, 0.2) is 22.4 Å². The van der Waals surface area contributed by atoms with Crippen molar-refractivity contribution >= 4 is 25.2 Å². The Morgan fingerprint density at radius 1 is 0.711 bits per heavy atom. The van der Waals surface area contributed by atoms with Gasteiger partial charge in [0, 0.05) is 56.5 Å². The predicted octanol–water partition coefficient (Wildman–Crippen LogP) is 6.65. The van der Waals surface area contributed by atoms with Gasteiger partial charge in [0.2, 0.25) is 0 Å². The molecule has 9 aliphatic carbocycles. The summed E-state index contributed by atoms with van der Waals surface area (Å²) in [5.41, 5.74) is 3.70. The molecule has 0 aromatic rings. The second-order valence-corrected chi connectivity index (χ2v) is 28.5. The normalized spacial score (nSPS) is 47.7. The highest BCUT2D eigenvalue weighted by atomic mass is 31.1. The molecule has 0 amide bonds. The lowest BCUT2D eigenvalue weighted by Crippen LogP contribution is -2.69. The van der Waals surface area contributed by atoms with Crippen molar-refractivity contribution < 1.29 is 0 Å². The largest absolute Gasteiger partial charge is 0.314 e. The van der Waals surface area contributed by atoms with Gasteiger partial charge in [0.15, 0.2) is 0 Å². The van der Waals surface area contributed by atoms with Crippen molar-refractivity contribution in [1.82, 2.24) is 21.3 Å². The monoisotopic (exact) mass is 666 g/mol. The van der Waals surface area contributed by atoms with Crippen LogP contribution >= 0.6 is 17.2 Å². The lowest BCUT2D eigenvalue weighted by molar-refractivity contribution is 0.0187. The molecule has 3 unspecified atom stereocenters. The van der Waals surface area contributed by atoms with Crippen LogP contribution in [0.25, 0.3) is 0 Å². The summed E-state index contributed by atoms with van der Waals surface area (Å²) < 4.78 is 0. The molecule has 10 fully saturated rings. The van der Waals surface area contributed by atoms with Gasteiger partial charge in [-0.2, -0.15) is 0 Å².